The number of ether oxygens (including phenoxy) is 5. The van der Waals surface area contributed by atoms with Crippen LogP contribution in [0.1, 0.15) is 238 Å². The van der Waals surface area contributed by atoms with Crippen molar-refractivity contribution in [2.45, 2.75) is 267 Å². The van der Waals surface area contributed by atoms with Crippen LogP contribution in [0.4, 0.5) is 0 Å². The van der Waals surface area contributed by atoms with Gasteiger partial charge in [0.1, 0.15) is 86.4 Å². The molecule has 0 radical (unpaired) electrons. The summed E-state index contributed by atoms with van der Waals surface area (Å²) in [6.07, 6.45) is 38.2. The maximum Gasteiger partial charge on any atom is 0.216 e. The Kier molecular flexibility index (Phi) is 19.4. The molecule has 0 saturated heterocycles. The van der Waals surface area contributed by atoms with Crippen molar-refractivity contribution >= 4 is 0 Å². The van der Waals surface area contributed by atoms with Crippen molar-refractivity contribution < 1.29 is 46.5 Å². The molecule has 10 nitrogen and oxygen atoms in total. The van der Waals surface area contributed by atoms with E-state index in [0.29, 0.717) is 16.2 Å². The number of benzene rings is 5. The Hall–Kier alpha value is -9.15. The van der Waals surface area contributed by atoms with Crippen LogP contribution in [-0.4, -0.2) is 29.0 Å². The van der Waals surface area contributed by atoms with Crippen molar-refractivity contribution in [2.24, 2.45) is 35.2 Å². The van der Waals surface area contributed by atoms with Gasteiger partial charge in [-0.3, -0.25) is 0 Å². The van der Waals surface area contributed by atoms with Gasteiger partial charge in [-0.25, -0.2) is 22.8 Å². The summed E-state index contributed by atoms with van der Waals surface area (Å²) in [4.78, 5) is 0. The maximum absolute atomic E-state index is 6.90. The number of fused-ring (bicyclic) bond motifs is 8. The minimum absolute atomic E-state index is 0.0324. The zero-order valence-corrected chi connectivity index (χ0v) is 70.9. The molecule has 6 aliphatic carbocycles. The average Bonchev–Trinajstić information content (AvgIpc) is 1.52. The first kappa shape index (κ1) is 76.5. The molecule has 10 heteroatoms. The highest BCUT2D eigenvalue weighted by atomic mass is 16.5. The highest BCUT2D eigenvalue weighted by molar-refractivity contribution is 5.78. The summed E-state index contributed by atoms with van der Waals surface area (Å²) in [7, 11) is 10.6. The fourth-order valence-electron chi connectivity index (χ4n) is 21.8. The first-order valence-electron chi connectivity index (χ1n) is 42.9. The quantitative estimate of drug-likeness (QED) is 0.161. The molecule has 0 bridgehead atoms. The fraction of sp³-hybridized carbons (Fsp3) is 0.466. The molecule has 10 heterocycles. The van der Waals surface area contributed by atoms with Gasteiger partial charge in [0.2, 0.25) is 28.5 Å². The molecular formula is C103H124N5O5+5. The second kappa shape index (κ2) is 28.7. The highest BCUT2D eigenvalue weighted by Crippen LogP contribution is 2.67. The molecule has 0 atom stereocenters. The number of aryl methyl sites for hydroxylation is 10. The molecule has 10 aromatic rings. The molecule has 5 aromatic heterocycles. The SMILES string of the molecule is Cc1ccc2c(c1-c1cccc[n+]1C)OC(C)(C)CC21CC1.Cc1ccc2c(c1-c1cccc[n+]1C)OC1(CC1)CC21CC1.Cc1ccc2c(c1-c1cccc[n+]1C)OC1(CCCC1)CC2(C)C.Cc1ccc2c(c1-c1cccc[n+]1C)OC1(CCCCC1)CC2(C)C.Cc1ccc2c(c1-c1cccc[n+]1C)OCCC21CC1. The number of hydrogen-bond acceptors (Lipinski definition) is 5. The summed E-state index contributed by atoms with van der Waals surface area (Å²) in [5.41, 5.74) is 27.8. The Morgan fingerprint density at radius 1 is 0.257 bits per heavy atom. The van der Waals surface area contributed by atoms with Gasteiger partial charge in [0.25, 0.3) is 0 Å². The minimum atomic E-state index is -0.0839. The van der Waals surface area contributed by atoms with Crippen molar-refractivity contribution in [3.8, 4) is 85.0 Å². The van der Waals surface area contributed by atoms with Gasteiger partial charge in [0.15, 0.2) is 31.0 Å². The van der Waals surface area contributed by atoms with Crippen molar-refractivity contribution in [2.75, 3.05) is 6.61 Å². The number of aromatic nitrogens is 5. The lowest BCUT2D eigenvalue weighted by Gasteiger charge is -2.48. The van der Waals surface area contributed by atoms with E-state index in [0.717, 1.165) is 48.9 Å². The molecule has 0 amide bonds. The zero-order valence-electron chi connectivity index (χ0n) is 70.9. The number of rotatable bonds is 5. The van der Waals surface area contributed by atoms with E-state index in [9.17, 15) is 0 Å². The maximum atomic E-state index is 6.90. The third-order valence-corrected chi connectivity index (χ3v) is 28.3. The number of pyridine rings is 5. The first-order valence-corrected chi connectivity index (χ1v) is 42.9. The van der Waals surface area contributed by atoms with Crippen LogP contribution in [-0.2, 0) is 62.3 Å². The summed E-state index contributed by atoms with van der Waals surface area (Å²) in [5.74, 6) is 5.71. The Balaban J connectivity index is 0.000000102. The third-order valence-electron chi connectivity index (χ3n) is 28.3. The topological polar surface area (TPSA) is 65.5 Å². The Labute approximate surface area is 674 Å². The number of hydrogen-bond donors (Lipinski definition) is 0. The molecule has 0 unspecified atom stereocenters. The summed E-state index contributed by atoms with van der Waals surface area (Å²) in [5, 5.41) is 0. The highest BCUT2D eigenvalue weighted by Gasteiger charge is 2.62. The molecule has 113 heavy (non-hydrogen) atoms. The minimum Gasteiger partial charge on any atom is -0.492 e. The van der Waals surface area contributed by atoms with E-state index in [1.54, 1.807) is 0 Å². The van der Waals surface area contributed by atoms with Gasteiger partial charge in [-0.1, -0.05) is 94.8 Å². The Morgan fingerprint density at radius 2 is 0.540 bits per heavy atom. The number of nitrogens with zero attached hydrogens (tertiary/aromatic N) is 5. The van der Waals surface area contributed by atoms with Gasteiger partial charge in [0, 0.05) is 105 Å². The Bertz CT molecular complexity index is 5220. The van der Waals surface area contributed by atoms with Crippen molar-refractivity contribution in [3.05, 3.63) is 238 Å². The smallest absolute Gasteiger partial charge is 0.216 e. The van der Waals surface area contributed by atoms with Crippen LogP contribution in [0.5, 0.6) is 28.7 Å². The van der Waals surface area contributed by atoms with E-state index in [1.807, 2.05) is 0 Å². The molecular weight excluding hydrogens is 1390 g/mol. The lowest BCUT2D eigenvalue weighted by atomic mass is 9.67. The predicted molar refractivity (Wildman–Crippen MR) is 452 cm³/mol. The van der Waals surface area contributed by atoms with Crippen LogP contribution in [0, 0.1) is 34.6 Å². The monoisotopic (exact) mass is 1510 g/mol. The normalized spacial score (nSPS) is 20.6. The van der Waals surface area contributed by atoms with Gasteiger partial charge in [-0.05, 0) is 252 Å². The molecule has 586 valence electrons. The van der Waals surface area contributed by atoms with Crippen LogP contribution in [0.15, 0.2) is 183 Å². The van der Waals surface area contributed by atoms with Crippen LogP contribution in [0.3, 0.4) is 0 Å². The van der Waals surface area contributed by atoms with Gasteiger partial charge in [0.05, 0.1) is 34.4 Å². The predicted octanol–water partition coefficient (Wildman–Crippen LogP) is 21.3. The Morgan fingerprint density at radius 3 is 0.867 bits per heavy atom. The van der Waals surface area contributed by atoms with Crippen LogP contribution >= 0.6 is 0 Å². The average molecular weight is 1510 g/mol. The summed E-state index contributed by atoms with van der Waals surface area (Å²) in [6.45, 7) is 25.9. The van der Waals surface area contributed by atoms with Gasteiger partial charge >= 0.3 is 0 Å². The van der Waals surface area contributed by atoms with Crippen LogP contribution < -0.4 is 46.5 Å². The van der Waals surface area contributed by atoms with E-state index < -0.39 is 0 Å². The van der Waals surface area contributed by atoms with Crippen LogP contribution in [0.25, 0.3) is 56.3 Å². The summed E-state index contributed by atoms with van der Waals surface area (Å²) >= 11 is 0. The zero-order chi connectivity index (χ0) is 78.8. The van der Waals surface area contributed by atoms with Crippen LogP contribution in [0.2, 0.25) is 0 Å². The van der Waals surface area contributed by atoms with Crippen molar-refractivity contribution in [1.82, 2.24) is 0 Å². The first-order chi connectivity index (χ1) is 54.1. The van der Waals surface area contributed by atoms with Crippen molar-refractivity contribution in [1.29, 1.82) is 0 Å². The molecule has 5 aromatic carbocycles. The molecule has 0 N–H and O–H groups in total. The van der Waals surface area contributed by atoms with Gasteiger partial charge in [-0.2, -0.15) is 0 Å². The second-order valence-corrected chi connectivity index (χ2v) is 38.6. The second-order valence-electron chi connectivity index (χ2n) is 38.6. The molecule has 21 rings (SSSR count). The molecule has 5 aliphatic heterocycles. The molecule has 6 fully saturated rings. The van der Waals surface area contributed by atoms with E-state index in [2.05, 4.69) is 317 Å². The third kappa shape index (κ3) is 14.3. The standard InChI is InChI=1S/C23H30NO.C22H28NO.C20H22NO.C20H24NO.C18H20NO/c1-17-11-12-18-21(20(17)19-10-6-9-15-24(19)4)25-23(16-22(18,2)3)13-7-5-8-14-23;1-16-10-11-17-20(19(16)18-9-5-8-14-23(18)4)24-22(12-6-7-13-22)15-21(17,2)3;1-14-6-7-15-18(17(14)16-5-3-4-12-21(16)2)22-20(10-11-20)13-19(15)8-9-19;1-14-8-9-15-18(17(14)16-7-5-6-12-21(16)4)22-19(2,3)13-20(15)10-11-20;1-13-6-7-14-17(20-12-10-18(14)8-9-18)16(13)15-5-3-4-11-19(15)2/h6,9-12,15H,5,7-8,13-14,16H2,1-4H3;5,8-11,14H,6-7,12-13,15H2,1-4H3;3-7,12H,8-11,13H2,1-2H3;5-9,12H,10-11,13H2,1-4H3;3-7,11H,8-10,12H2,1-2H3/q5*+1. The largest absolute Gasteiger partial charge is 0.492 e. The fourth-order valence-corrected chi connectivity index (χ4v) is 21.8. The summed E-state index contributed by atoms with van der Waals surface area (Å²) in [6, 6.07) is 54.8. The molecule has 11 aliphatic rings. The van der Waals surface area contributed by atoms with E-state index in [-0.39, 0.29) is 33.2 Å². The van der Waals surface area contributed by atoms with Gasteiger partial charge < -0.3 is 23.7 Å². The lowest BCUT2D eigenvalue weighted by molar-refractivity contribution is -0.660. The van der Waals surface area contributed by atoms with E-state index in [1.165, 1.54) is 240 Å². The van der Waals surface area contributed by atoms with Gasteiger partial charge in [-0.15, -0.1) is 0 Å². The molecule has 6 spiro atoms. The summed E-state index contributed by atoms with van der Waals surface area (Å²) < 4.78 is 43.9. The van der Waals surface area contributed by atoms with E-state index in [4.69, 9.17) is 23.7 Å². The molecule has 6 saturated carbocycles. The lowest BCUT2D eigenvalue weighted by Crippen LogP contribution is -2.47. The van der Waals surface area contributed by atoms with Crippen molar-refractivity contribution in [3.63, 3.8) is 0 Å². The van der Waals surface area contributed by atoms with E-state index >= 15 is 0 Å².